The third kappa shape index (κ3) is 9.01. The highest BCUT2D eigenvalue weighted by atomic mass is 35.5. The van der Waals surface area contributed by atoms with E-state index in [1.165, 1.54) is 0 Å². The molecule has 4 nitrogen and oxygen atoms in total. The molecule has 0 heterocycles. The summed E-state index contributed by atoms with van der Waals surface area (Å²) in [5.41, 5.74) is -4.50. The van der Waals surface area contributed by atoms with Gasteiger partial charge in [-0.05, 0) is 48.9 Å². The van der Waals surface area contributed by atoms with Crippen LogP contribution < -0.4 is 5.32 Å². The van der Waals surface area contributed by atoms with E-state index in [-0.39, 0.29) is 27.1 Å². The summed E-state index contributed by atoms with van der Waals surface area (Å²) in [7, 11) is 0.759. The number of carbonyl (C=O) groups is 2. The zero-order valence-electron chi connectivity index (χ0n) is 20.2. The number of alkyl halides is 9. The molecule has 2 amide bonds. The van der Waals surface area contributed by atoms with Gasteiger partial charge in [0.2, 0.25) is 5.91 Å². The van der Waals surface area contributed by atoms with Crippen molar-refractivity contribution in [3.63, 3.8) is 0 Å². The van der Waals surface area contributed by atoms with Crippen LogP contribution in [-0.4, -0.2) is 48.7 Å². The van der Waals surface area contributed by atoms with Crippen molar-refractivity contribution < 1.29 is 53.5 Å². The predicted molar refractivity (Wildman–Crippen MR) is 126 cm³/mol. The molecule has 220 valence electrons. The second-order valence-corrected chi connectivity index (χ2v) is 9.37. The average Bonchev–Trinajstić information content (AvgIpc) is 2.78. The number of nitrogens with zero attached hydrogens (tertiary/aromatic N) is 1. The van der Waals surface area contributed by atoms with Gasteiger partial charge in [-0.25, -0.2) is 4.39 Å². The van der Waals surface area contributed by atoms with Crippen molar-refractivity contribution in [2.75, 3.05) is 13.6 Å². The van der Waals surface area contributed by atoms with Crippen LogP contribution >= 0.6 is 23.2 Å². The molecule has 2 aromatic rings. The van der Waals surface area contributed by atoms with Gasteiger partial charge in [-0.15, -0.1) is 0 Å². The van der Waals surface area contributed by atoms with E-state index in [0.717, 1.165) is 32.2 Å². The van der Waals surface area contributed by atoms with Crippen LogP contribution in [0, 0.1) is 0 Å². The fourth-order valence-electron chi connectivity index (χ4n) is 3.52. The number of amides is 2. The first-order valence-corrected chi connectivity index (χ1v) is 11.6. The zero-order valence-corrected chi connectivity index (χ0v) is 21.7. The zero-order chi connectivity index (χ0) is 30.8. The van der Waals surface area contributed by atoms with Gasteiger partial charge in [0.05, 0.1) is 11.1 Å². The first-order chi connectivity index (χ1) is 18.1. The van der Waals surface area contributed by atoms with Crippen LogP contribution in [0.25, 0.3) is 5.83 Å². The summed E-state index contributed by atoms with van der Waals surface area (Å²) in [5.74, 6) is -7.22. The molecular weight excluding hydrogens is 609 g/mol. The van der Waals surface area contributed by atoms with Crippen LogP contribution in [0.2, 0.25) is 10.0 Å². The summed E-state index contributed by atoms with van der Waals surface area (Å²) in [6, 6.07) is 2.24. The molecule has 40 heavy (non-hydrogen) atoms. The van der Waals surface area contributed by atoms with Crippen molar-refractivity contribution in [3.05, 3.63) is 74.8 Å². The monoisotopic (exact) mass is 626 g/mol. The summed E-state index contributed by atoms with van der Waals surface area (Å²) in [4.78, 5) is 24.8. The molecule has 0 aliphatic rings. The molecule has 2 rings (SSSR count). The molecule has 0 spiro atoms. The maximum atomic E-state index is 14.9. The van der Waals surface area contributed by atoms with Crippen molar-refractivity contribution >= 4 is 40.8 Å². The summed E-state index contributed by atoms with van der Waals surface area (Å²) in [6.07, 6.45) is -15.2. The van der Waals surface area contributed by atoms with Crippen molar-refractivity contribution in [2.45, 2.75) is 37.4 Å². The summed E-state index contributed by atoms with van der Waals surface area (Å²) in [6.45, 7) is -0.767. The molecule has 0 saturated heterocycles. The molecule has 0 radical (unpaired) electrons. The topological polar surface area (TPSA) is 49.4 Å². The lowest BCUT2D eigenvalue weighted by Crippen LogP contribution is -2.48. The Morgan fingerprint density at radius 2 is 1.50 bits per heavy atom. The van der Waals surface area contributed by atoms with E-state index in [2.05, 4.69) is 0 Å². The van der Waals surface area contributed by atoms with Crippen LogP contribution in [-0.2, 0) is 11.0 Å². The minimum Gasteiger partial charge on any atom is -0.341 e. The van der Waals surface area contributed by atoms with Gasteiger partial charge in [-0.2, -0.15) is 39.5 Å². The number of hydrogen-bond donors (Lipinski definition) is 1. The number of hydrogen-bond acceptors (Lipinski definition) is 2. The summed E-state index contributed by atoms with van der Waals surface area (Å²) in [5, 5.41) is 1.41. The van der Waals surface area contributed by atoms with Crippen LogP contribution in [0.4, 0.5) is 43.9 Å². The van der Waals surface area contributed by atoms with Crippen LogP contribution in [0.5, 0.6) is 0 Å². The quantitative estimate of drug-likeness (QED) is 0.319. The lowest BCUT2D eigenvalue weighted by Gasteiger charge is -2.23. The molecule has 2 atom stereocenters. The van der Waals surface area contributed by atoms with E-state index in [0.29, 0.717) is 12.1 Å². The van der Waals surface area contributed by atoms with E-state index in [1.54, 1.807) is 0 Å². The highest BCUT2D eigenvalue weighted by molar-refractivity contribution is 6.34. The first kappa shape index (κ1) is 33.2. The standard InChI is InChI=1S/C24H18Cl2F10N2O2/c1-11(21(40)38(2)10-22(28,29)30)37-20(39)16-4-3-12(7-18(16)24(34,35)36)19(27)9-17(23(31,32)33)13-5-14(25)8-15(26)6-13/h3-9,11,17H,10H2,1-2H3,(H,37,39)/b19-9-/t11-,17?/m1/s1. The number of benzene rings is 2. The van der Waals surface area contributed by atoms with Crippen molar-refractivity contribution in [1.82, 2.24) is 10.2 Å². The van der Waals surface area contributed by atoms with Crippen molar-refractivity contribution in [2.24, 2.45) is 0 Å². The van der Waals surface area contributed by atoms with Crippen molar-refractivity contribution in [1.29, 1.82) is 0 Å². The Bertz CT molecular complexity index is 1270. The minimum absolute atomic E-state index is 0.00838. The number of likely N-dealkylation sites (N-methyl/N-ethyl adjacent to an activating group) is 1. The summed E-state index contributed by atoms with van der Waals surface area (Å²) < 4.78 is 135. The van der Waals surface area contributed by atoms with Crippen molar-refractivity contribution in [3.8, 4) is 0 Å². The molecule has 0 saturated carbocycles. The average molecular weight is 627 g/mol. The Balaban J connectivity index is 2.45. The van der Waals surface area contributed by atoms with E-state index in [1.807, 2.05) is 5.32 Å². The molecule has 0 aromatic heterocycles. The molecule has 0 fully saturated rings. The van der Waals surface area contributed by atoms with E-state index in [9.17, 15) is 53.5 Å². The molecular formula is C24H18Cl2F10N2O2. The summed E-state index contributed by atoms with van der Waals surface area (Å²) >= 11 is 11.4. The maximum absolute atomic E-state index is 14.9. The van der Waals surface area contributed by atoms with E-state index in [4.69, 9.17) is 23.2 Å². The Kier molecular flexibility index (Phi) is 10.2. The fraction of sp³-hybridized carbons (Fsp3) is 0.333. The highest BCUT2D eigenvalue weighted by Gasteiger charge is 2.41. The van der Waals surface area contributed by atoms with Crippen LogP contribution in [0.3, 0.4) is 0 Å². The SMILES string of the molecule is C[C@@H](NC(=O)c1ccc(/C(F)=C/C(c2cc(Cl)cc(Cl)c2)C(F)(F)F)cc1C(F)(F)F)C(=O)N(C)CC(F)(F)F. The Morgan fingerprint density at radius 3 is 1.98 bits per heavy atom. The Hall–Kier alpha value is -3.00. The molecule has 1 unspecified atom stereocenters. The van der Waals surface area contributed by atoms with E-state index >= 15 is 0 Å². The molecule has 2 aromatic carbocycles. The number of allylic oxidation sites excluding steroid dienone is 1. The lowest BCUT2D eigenvalue weighted by molar-refractivity contribution is -0.159. The largest absolute Gasteiger partial charge is 0.417 e. The number of carbonyl (C=O) groups excluding carboxylic acids is 2. The maximum Gasteiger partial charge on any atom is 0.417 e. The van der Waals surface area contributed by atoms with Gasteiger partial charge in [0.25, 0.3) is 5.91 Å². The number of nitrogens with one attached hydrogen (secondary N) is 1. The minimum atomic E-state index is -5.33. The molecule has 0 aliphatic carbocycles. The van der Waals surface area contributed by atoms with Gasteiger partial charge in [0.1, 0.15) is 24.3 Å². The normalized spacial score (nSPS) is 14.5. The third-order valence-corrected chi connectivity index (χ3v) is 5.70. The smallest absolute Gasteiger partial charge is 0.341 e. The lowest BCUT2D eigenvalue weighted by atomic mass is 9.95. The van der Waals surface area contributed by atoms with Gasteiger partial charge < -0.3 is 10.2 Å². The second kappa shape index (κ2) is 12.2. The predicted octanol–water partition coefficient (Wildman–Crippen LogP) is 7.81. The molecule has 0 bridgehead atoms. The second-order valence-electron chi connectivity index (χ2n) is 8.50. The van der Waals surface area contributed by atoms with Gasteiger partial charge in [0, 0.05) is 22.7 Å². The molecule has 16 heteroatoms. The van der Waals surface area contributed by atoms with Gasteiger partial charge in [-0.1, -0.05) is 29.3 Å². The highest BCUT2D eigenvalue weighted by Crippen LogP contribution is 2.41. The Morgan fingerprint density at radius 1 is 0.950 bits per heavy atom. The third-order valence-electron chi connectivity index (χ3n) is 5.27. The van der Waals surface area contributed by atoms with Gasteiger partial charge >= 0.3 is 18.5 Å². The Labute approximate surface area is 230 Å². The van der Waals surface area contributed by atoms with Crippen LogP contribution in [0.15, 0.2) is 42.5 Å². The molecule has 0 aliphatic heterocycles. The fourth-order valence-corrected chi connectivity index (χ4v) is 4.06. The number of rotatable bonds is 7. The van der Waals surface area contributed by atoms with Crippen LogP contribution in [0.1, 0.15) is 39.9 Å². The number of halogens is 12. The van der Waals surface area contributed by atoms with Gasteiger partial charge in [-0.3, -0.25) is 9.59 Å². The first-order valence-electron chi connectivity index (χ1n) is 10.8. The van der Waals surface area contributed by atoms with E-state index < -0.39 is 76.9 Å². The molecule has 1 N–H and O–H groups in total. The van der Waals surface area contributed by atoms with Gasteiger partial charge in [0.15, 0.2) is 0 Å².